The van der Waals surface area contributed by atoms with Crippen LogP contribution in [0, 0.1) is 0 Å². The van der Waals surface area contributed by atoms with E-state index in [1.165, 1.54) is 55.2 Å². The number of aliphatic carboxylic acids is 1. The highest BCUT2D eigenvalue weighted by Crippen LogP contribution is 2.39. The first kappa shape index (κ1) is 26.8. The summed E-state index contributed by atoms with van der Waals surface area (Å²) in [7, 11) is 1.72. The molecule has 0 aromatic heterocycles. The molecule has 4 rings (SSSR count). The Morgan fingerprint density at radius 2 is 1.70 bits per heavy atom. The van der Waals surface area contributed by atoms with Crippen LogP contribution in [-0.2, 0) is 11.4 Å². The third-order valence-electron chi connectivity index (χ3n) is 7.58. The van der Waals surface area contributed by atoms with Crippen molar-refractivity contribution in [2.45, 2.75) is 83.2 Å². The zero-order chi connectivity index (χ0) is 26.0. The van der Waals surface area contributed by atoms with Gasteiger partial charge in [0.15, 0.2) is 0 Å². The Labute approximate surface area is 221 Å². The molecule has 3 aromatic carbocycles. The maximum absolute atomic E-state index is 11.4. The molecule has 0 saturated heterocycles. The van der Waals surface area contributed by atoms with Gasteiger partial charge in [-0.25, -0.2) is 0 Å². The summed E-state index contributed by atoms with van der Waals surface area (Å²) in [6.07, 6.45) is 9.62. The van der Waals surface area contributed by atoms with Crippen LogP contribution < -0.4 is 9.47 Å². The summed E-state index contributed by atoms with van der Waals surface area (Å²) in [4.78, 5) is 11.4. The Hall–Kier alpha value is -3.27. The van der Waals surface area contributed by atoms with Crippen molar-refractivity contribution in [3.05, 3.63) is 83.4 Å². The van der Waals surface area contributed by atoms with Gasteiger partial charge in [-0.2, -0.15) is 0 Å². The van der Waals surface area contributed by atoms with Gasteiger partial charge in [0, 0.05) is 0 Å². The first-order chi connectivity index (χ1) is 18.1. The molecule has 0 aliphatic heterocycles. The minimum atomic E-state index is -0.757. The molecule has 1 aliphatic carbocycles. The molecule has 37 heavy (non-hydrogen) atoms. The fraction of sp³-hybridized carbons (Fsp3) is 0.424. The van der Waals surface area contributed by atoms with Crippen LogP contribution in [-0.4, -0.2) is 18.2 Å². The van der Waals surface area contributed by atoms with Gasteiger partial charge >= 0.3 is 5.97 Å². The molecule has 3 aromatic rings. The van der Waals surface area contributed by atoms with Crippen molar-refractivity contribution in [2.24, 2.45) is 0 Å². The molecule has 1 aliphatic rings. The third-order valence-corrected chi connectivity index (χ3v) is 7.58. The predicted molar refractivity (Wildman–Crippen MR) is 150 cm³/mol. The molecule has 1 N–H and O–H groups in total. The number of hydrogen-bond acceptors (Lipinski definition) is 3. The van der Waals surface area contributed by atoms with Gasteiger partial charge in [0.25, 0.3) is 0 Å². The van der Waals surface area contributed by atoms with Crippen LogP contribution in [0.2, 0.25) is 0 Å². The standard InChI is InChI=1S/C33H40O4/c1-3-10-26(22-33(34)35)27-13-8-16-30(20-27)37-23-24-17-18-31(28-14-9-15-29(21-28)36-2)32(19-24)25-11-6-4-5-7-12-25/h8-9,13-21,25-26H,3-7,10-12,22-23H2,1-2H3,(H,34,35)/t26-/m0/s1. The lowest BCUT2D eigenvalue weighted by molar-refractivity contribution is -0.137. The Morgan fingerprint density at radius 3 is 2.43 bits per heavy atom. The van der Waals surface area contributed by atoms with Crippen LogP contribution in [0.5, 0.6) is 11.5 Å². The van der Waals surface area contributed by atoms with Gasteiger partial charge in [-0.3, -0.25) is 4.79 Å². The molecule has 0 radical (unpaired) electrons. The van der Waals surface area contributed by atoms with Crippen LogP contribution in [0.1, 0.15) is 93.2 Å². The third kappa shape index (κ3) is 7.38. The Bertz CT molecular complexity index is 1160. The van der Waals surface area contributed by atoms with Gasteiger partial charge in [-0.1, -0.05) is 81.5 Å². The van der Waals surface area contributed by atoms with Gasteiger partial charge in [-0.15, -0.1) is 0 Å². The quantitative estimate of drug-likeness (QED) is 0.267. The molecule has 0 bridgehead atoms. The Balaban J connectivity index is 1.57. The lowest BCUT2D eigenvalue weighted by Gasteiger charge is -2.21. The summed E-state index contributed by atoms with van der Waals surface area (Å²) >= 11 is 0. The van der Waals surface area contributed by atoms with Crippen LogP contribution in [0.15, 0.2) is 66.7 Å². The summed E-state index contributed by atoms with van der Waals surface area (Å²) in [5.41, 5.74) is 6.09. The molecule has 196 valence electrons. The molecule has 4 heteroatoms. The summed E-state index contributed by atoms with van der Waals surface area (Å²) in [5, 5.41) is 9.34. The Morgan fingerprint density at radius 1 is 0.946 bits per heavy atom. The molecule has 1 saturated carbocycles. The van der Waals surface area contributed by atoms with Crippen LogP contribution in [0.3, 0.4) is 0 Å². The number of carboxylic acid groups (broad SMARTS) is 1. The number of methoxy groups -OCH3 is 1. The maximum atomic E-state index is 11.4. The average Bonchev–Trinajstić information content (AvgIpc) is 3.21. The first-order valence-electron chi connectivity index (χ1n) is 13.8. The summed E-state index contributed by atoms with van der Waals surface area (Å²) < 4.78 is 11.8. The topological polar surface area (TPSA) is 55.8 Å². The number of carbonyl (C=O) groups is 1. The number of ether oxygens (including phenoxy) is 2. The molecular formula is C33H40O4. The molecule has 0 amide bonds. The van der Waals surface area contributed by atoms with Crippen LogP contribution in [0.25, 0.3) is 11.1 Å². The van der Waals surface area contributed by atoms with Gasteiger partial charge in [-0.05, 0) is 83.2 Å². The molecule has 4 nitrogen and oxygen atoms in total. The molecule has 0 spiro atoms. The van der Waals surface area contributed by atoms with E-state index in [0.29, 0.717) is 12.5 Å². The normalized spacial score (nSPS) is 15.1. The van der Waals surface area contributed by atoms with Crippen LogP contribution in [0.4, 0.5) is 0 Å². The lowest BCUT2D eigenvalue weighted by atomic mass is 9.85. The fourth-order valence-electron chi connectivity index (χ4n) is 5.65. The van der Waals surface area contributed by atoms with E-state index in [1.54, 1.807) is 7.11 Å². The van der Waals surface area contributed by atoms with Gasteiger partial charge in [0.2, 0.25) is 0 Å². The highest BCUT2D eigenvalue weighted by atomic mass is 16.5. The maximum Gasteiger partial charge on any atom is 0.303 e. The van der Waals surface area contributed by atoms with Crippen LogP contribution >= 0.6 is 0 Å². The molecule has 1 fully saturated rings. The van der Waals surface area contributed by atoms with Crippen molar-refractivity contribution in [3.63, 3.8) is 0 Å². The minimum absolute atomic E-state index is 0.00929. The smallest absolute Gasteiger partial charge is 0.303 e. The number of carboxylic acids is 1. The molecule has 0 unspecified atom stereocenters. The number of rotatable bonds is 11. The van der Waals surface area contributed by atoms with E-state index in [9.17, 15) is 9.90 Å². The van der Waals surface area contributed by atoms with Gasteiger partial charge in [0.05, 0.1) is 13.5 Å². The van der Waals surface area contributed by atoms with Crippen molar-refractivity contribution in [1.82, 2.24) is 0 Å². The highest BCUT2D eigenvalue weighted by Gasteiger charge is 2.20. The van der Waals surface area contributed by atoms with Crippen molar-refractivity contribution in [1.29, 1.82) is 0 Å². The lowest BCUT2D eigenvalue weighted by Crippen LogP contribution is -2.07. The first-order valence-corrected chi connectivity index (χ1v) is 13.8. The van der Waals surface area contributed by atoms with E-state index in [2.05, 4.69) is 43.3 Å². The Kier molecular flexibility index (Phi) is 9.65. The number of hydrogen-bond donors (Lipinski definition) is 1. The van der Waals surface area contributed by atoms with E-state index in [4.69, 9.17) is 9.47 Å². The zero-order valence-electron chi connectivity index (χ0n) is 22.2. The van der Waals surface area contributed by atoms with Crippen molar-refractivity contribution in [2.75, 3.05) is 7.11 Å². The zero-order valence-corrected chi connectivity index (χ0v) is 22.2. The minimum Gasteiger partial charge on any atom is -0.497 e. The van der Waals surface area contributed by atoms with E-state index in [-0.39, 0.29) is 12.3 Å². The highest BCUT2D eigenvalue weighted by molar-refractivity contribution is 5.70. The second-order valence-electron chi connectivity index (χ2n) is 10.3. The predicted octanol–water partition coefficient (Wildman–Crippen LogP) is 8.74. The second kappa shape index (κ2) is 13.3. The van der Waals surface area contributed by atoms with Gasteiger partial charge < -0.3 is 14.6 Å². The van der Waals surface area contributed by atoms with Gasteiger partial charge in [0.1, 0.15) is 18.1 Å². The van der Waals surface area contributed by atoms with Crippen molar-refractivity contribution >= 4 is 5.97 Å². The summed E-state index contributed by atoms with van der Waals surface area (Å²) in [5.74, 6) is 1.47. The number of benzene rings is 3. The average molecular weight is 501 g/mol. The molecule has 0 heterocycles. The van der Waals surface area contributed by atoms with Crippen molar-refractivity contribution < 1.29 is 19.4 Å². The molecular weight excluding hydrogens is 460 g/mol. The van der Waals surface area contributed by atoms with Crippen molar-refractivity contribution in [3.8, 4) is 22.6 Å². The van der Waals surface area contributed by atoms with E-state index < -0.39 is 5.97 Å². The van der Waals surface area contributed by atoms with E-state index >= 15 is 0 Å². The summed E-state index contributed by atoms with van der Waals surface area (Å²) in [6, 6.07) is 23.1. The SMILES string of the molecule is CCC[C@@H](CC(=O)O)c1cccc(OCc2ccc(-c3cccc(OC)c3)c(C3CCCCCC3)c2)c1. The fourth-order valence-corrected chi connectivity index (χ4v) is 5.65. The summed E-state index contributed by atoms with van der Waals surface area (Å²) in [6.45, 7) is 2.58. The van der Waals surface area contributed by atoms with E-state index in [0.717, 1.165) is 35.5 Å². The molecule has 1 atom stereocenters. The van der Waals surface area contributed by atoms with E-state index in [1.807, 2.05) is 30.3 Å². The monoisotopic (exact) mass is 500 g/mol. The second-order valence-corrected chi connectivity index (χ2v) is 10.3. The largest absolute Gasteiger partial charge is 0.497 e.